The van der Waals surface area contributed by atoms with E-state index in [1.54, 1.807) is 6.08 Å². The second-order valence-corrected chi connectivity index (χ2v) is 3.75. The SMILES string of the molecule is C=C/C=C/C=C/C(=C)C(C)(C)C. The molecule has 0 rings (SSSR count). The Hall–Kier alpha value is -1.04. The summed E-state index contributed by atoms with van der Waals surface area (Å²) in [5.41, 5.74) is 1.30. The van der Waals surface area contributed by atoms with Crippen LogP contribution in [0, 0.1) is 5.41 Å². The van der Waals surface area contributed by atoms with Crippen LogP contribution in [0.4, 0.5) is 0 Å². The van der Waals surface area contributed by atoms with Gasteiger partial charge in [0.25, 0.3) is 0 Å². The van der Waals surface area contributed by atoms with Gasteiger partial charge < -0.3 is 0 Å². The summed E-state index contributed by atoms with van der Waals surface area (Å²) in [6, 6.07) is 0. The molecule has 0 aromatic heterocycles. The minimum absolute atomic E-state index is 0.165. The van der Waals surface area contributed by atoms with Gasteiger partial charge in [-0.3, -0.25) is 0 Å². The van der Waals surface area contributed by atoms with Gasteiger partial charge in [-0.25, -0.2) is 0 Å². The Labute approximate surface area is 76.0 Å². The van der Waals surface area contributed by atoms with Gasteiger partial charge in [0, 0.05) is 0 Å². The highest BCUT2D eigenvalue weighted by Crippen LogP contribution is 2.23. The van der Waals surface area contributed by atoms with E-state index in [2.05, 4.69) is 33.9 Å². The lowest BCUT2D eigenvalue weighted by Gasteiger charge is -2.18. The van der Waals surface area contributed by atoms with E-state index in [1.807, 2.05) is 24.3 Å². The van der Waals surface area contributed by atoms with Gasteiger partial charge in [0.2, 0.25) is 0 Å². The van der Waals surface area contributed by atoms with E-state index in [0.717, 1.165) is 5.57 Å². The summed E-state index contributed by atoms with van der Waals surface area (Å²) >= 11 is 0. The van der Waals surface area contributed by atoms with Gasteiger partial charge in [-0.15, -0.1) is 0 Å². The van der Waals surface area contributed by atoms with Crippen LogP contribution in [0.3, 0.4) is 0 Å². The maximum atomic E-state index is 3.98. The summed E-state index contributed by atoms with van der Waals surface area (Å²) in [4.78, 5) is 0. The topological polar surface area (TPSA) is 0 Å². The molecule has 0 saturated heterocycles. The molecule has 0 fully saturated rings. The van der Waals surface area contributed by atoms with Gasteiger partial charge in [0.1, 0.15) is 0 Å². The van der Waals surface area contributed by atoms with Crippen LogP contribution in [0.15, 0.2) is 49.1 Å². The summed E-state index contributed by atoms with van der Waals surface area (Å²) in [5, 5.41) is 0. The summed E-state index contributed by atoms with van der Waals surface area (Å²) < 4.78 is 0. The molecule has 0 aliphatic carbocycles. The van der Waals surface area contributed by atoms with Gasteiger partial charge >= 0.3 is 0 Å². The zero-order valence-electron chi connectivity index (χ0n) is 8.30. The van der Waals surface area contributed by atoms with Crippen LogP contribution in [0.5, 0.6) is 0 Å². The molecule has 0 nitrogen and oxygen atoms in total. The third-order valence-electron chi connectivity index (χ3n) is 1.62. The fourth-order valence-electron chi connectivity index (χ4n) is 0.564. The predicted molar refractivity (Wildman–Crippen MR) is 57.1 cm³/mol. The molecule has 0 amide bonds. The molecule has 0 spiro atoms. The van der Waals surface area contributed by atoms with Crippen molar-refractivity contribution in [3.8, 4) is 0 Å². The monoisotopic (exact) mass is 162 g/mol. The van der Waals surface area contributed by atoms with E-state index in [1.165, 1.54) is 0 Å². The van der Waals surface area contributed by atoms with Crippen molar-refractivity contribution in [2.45, 2.75) is 20.8 Å². The minimum Gasteiger partial charge on any atom is -0.0991 e. The first kappa shape index (κ1) is 11.0. The molecule has 0 saturated carbocycles. The molecular formula is C12H18. The molecule has 0 bridgehead atoms. The second-order valence-electron chi connectivity index (χ2n) is 3.75. The number of allylic oxidation sites excluding steroid dienone is 6. The van der Waals surface area contributed by atoms with E-state index in [0.29, 0.717) is 0 Å². The van der Waals surface area contributed by atoms with Crippen molar-refractivity contribution in [3.63, 3.8) is 0 Å². The van der Waals surface area contributed by atoms with Crippen molar-refractivity contribution in [1.82, 2.24) is 0 Å². The highest BCUT2D eigenvalue weighted by Gasteiger charge is 2.10. The molecule has 0 heteroatoms. The lowest BCUT2D eigenvalue weighted by Crippen LogP contribution is -2.05. The van der Waals surface area contributed by atoms with Gasteiger partial charge in [0.15, 0.2) is 0 Å². The van der Waals surface area contributed by atoms with Gasteiger partial charge in [0.05, 0.1) is 0 Å². The maximum Gasteiger partial charge on any atom is -0.0138 e. The molecule has 12 heavy (non-hydrogen) atoms. The Morgan fingerprint density at radius 1 is 1.08 bits per heavy atom. The smallest absolute Gasteiger partial charge is 0.0138 e. The van der Waals surface area contributed by atoms with Crippen molar-refractivity contribution >= 4 is 0 Å². The Bertz CT molecular complexity index is 209. The van der Waals surface area contributed by atoms with Gasteiger partial charge in [-0.1, -0.05) is 64.3 Å². The Morgan fingerprint density at radius 2 is 1.67 bits per heavy atom. The maximum absolute atomic E-state index is 3.98. The summed E-state index contributed by atoms with van der Waals surface area (Å²) in [7, 11) is 0. The first-order chi connectivity index (χ1) is 5.48. The van der Waals surface area contributed by atoms with E-state index in [9.17, 15) is 0 Å². The lowest BCUT2D eigenvalue weighted by atomic mass is 9.87. The second kappa shape index (κ2) is 4.76. The highest BCUT2D eigenvalue weighted by atomic mass is 14.2. The Balaban J connectivity index is 4.10. The van der Waals surface area contributed by atoms with Crippen LogP contribution in [0.1, 0.15) is 20.8 Å². The molecule has 0 radical (unpaired) electrons. The zero-order valence-corrected chi connectivity index (χ0v) is 8.30. The third-order valence-corrected chi connectivity index (χ3v) is 1.62. The van der Waals surface area contributed by atoms with Crippen molar-refractivity contribution in [2.75, 3.05) is 0 Å². The largest absolute Gasteiger partial charge is 0.0991 e. The lowest BCUT2D eigenvalue weighted by molar-refractivity contribution is 0.519. The van der Waals surface area contributed by atoms with Crippen LogP contribution in [-0.4, -0.2) is 0 Å². The molecule has 0 aromatic carbocycles. The fourth-order valence-corrected chi connectivity index (χ4v) is 0.564. The van der Waals surface area contributed by atoms with Crippen LogP contribution >= 0.6 is 0 Å². The van der Waals surface area contributed by atoms with E-state index < -0.39 is 0 Å². The van der Waals surface area contributed by atoms with Crippen molar-refractivity contribution in [3.05, 3.63) is 49.1 Å². The first-order valence-electron chi connectivity index (χ1n) is 4.13. The van der Waals surface area contributed by atoms with E-state index >= 15 is 0 Å². The van der Waals surface area contributed by atoms with Crippen molar-refractivity contribution in [2.24, 2.45) is 5.41 Å². The van der Waals surface area contributed by atoms with Gasteiger partial charge in [-0.2, -0.15) is 0 Å². The molecule has 0 aliphatic heterocycles. The fraction of sp³-hybridized carbons (Fsp3) is 0.333. The summed E-state index contributed by atoms with van der Waals surface area (Å²) in [6.07, 6.45) is 9.61. The number of hydrogen-bond donors (Lipinski definition) is 0. The van der Waals surface area contributed by atoms with Gasteiger partial charge in [-0.05, 0) is 11.0 Å². The number of rotatable bonds is 3. The van der Waals surface area contributed by atoms with Crippen LogP contribution in [0.2, 0.25) is 0 Å². The molecule has 66 valence electrons. The highest BCUT2D eigenvalue weighted by molar-refractivity contribution is 5.24. The Kier molecular flexibility index (Phi) is 4.35. The Morgan fingerprint density at radius 3 is 2.08 bits per heavy atom. The average Bonchev–Trinajstić information content (AvgIpc) is 1.96. The molecule has 0 N–H and O–H groups in total. The third kappa shape index (κ3) is 4.73. The molecule has 0 aliphatic rings. The quantitative estimate of drug-likeness (QED) is 0.552. The van der Waals surface area contributed by atoms with Crippen LogP contribution in [0.25, 0.3) is 0 Å². The van der Waals surface area contributed by atoms with Crippen LogP contribution in [-0.2, 0) is 0 Å². The van der Waals surface area contributed by atoms with E-state index in [-0.39, 0.29) is 5.41 Å². The van der Waals surface area contributed by atoms with Crippen LogP contribution < -0.4 is 0 Å². The summed E-state index contributed by atoms with van der Waals surface area (Å²) in [5.74, 6) is 0. The molecule has 0 unspecified atom stereocenters. The standard InChI is InChI=1S/C12H18/c1-6-7-8-9-10-11(2)12(3,4)5/h6-10H,1-2H2,3-5H3/b8-7+,10-9+. The molecule has 0 atom stereocenters. The molecular weight excluding hydrogens is 144 g/mol. The molecule has 0 heterocycles. The molecule has 0 aromatic rings. The first-order valence-corrected chi connectivity index (χ1v) is 4.13. The zero-order chi connectivity index (χ0) is 9.61. The van der Waals surface area contributed by atoms with E-state index in [4.69, 9.17) is 0 Å². The van der Waals surface area contributed by atoms with Crippen molar-refractivity contribution in [1.29, 1.82) is 0 Å². The minimum atomic E-state index is 0.165. The summed E-state index contributed by atoms with van der Waals surface area (Å²) in [6.45, 7) is 14.0. The number of hydrogen-bond acceptors (Lipinski definition) is 0. The normalized spacial score (nSPS) is 12.6. The average molecular weight is 162 g/mol. The predicted octanol–water partition coefficient (Wildman–Crippen LogP) is 3.89. The van der Waals surface area contributed by atoms with Crippen molar-refractivity contribution < 1.29 is 0 Å².